The zero-order valence-corrected chi connectivity index (χ0v) is 13.5. The predicted octanol–water partition coefficient (Wildman–Crippen LogP) is 2.43. The molecule has 0 N–H and O–H groups in total. The highest BCUT2D eigenvalue weighted by Gasteiger charge is 2.38. The lowest BCUT2D eigenvalue weighted by Gasteiger charge is -2.37. The monoisotopic (exact) mass is 374 g/mol. The molecule has 0 bridgehead atoms. The summed E-state index contributed by atoms with van der Waals surface area (Å²) in [5.74, 6) is 0.0612. The van der Waals surface area contributed by atoms with Crippen molar-refractivity contribution in [2.75, 3.05) is 13.1 Å². The lowest BCUT2D eigenvalue weighted by atomic mass is 10.2. The lowest BCUT2D eigenvalue weighted by molar-refractivity contribution is -0.274. The third-order valence-electron chi connectivity index (χ3n) is 3.45. The second-order valence-corrected chi connectivity index (χ2v) is 7.21. The van der Waals surface area contributed by atoms with Crippen molar-refractivity contribution in [1.29, 1.82) is 0 Å². The van der Waals surface area contributed by atoms with Gasteiger partial charge in [-0.15, -0.1) is 13.2 Å². The number of aromatic nitrogens is 1. The van der Waals surface area contributed by atoms with E-state index in [1.165, 1.54) is 10.5 Å². The minimum absolute atomic E-state index is 0.109. The molecular formula is C15H13F3N2O4S. The minimum atomic E-state index is -4.82. The van der Waals surface area contributed by atoms with Crippen LogP contribution in [0.2, 0.25) is 0 Å². The topological polar surface area (TPSA) is 68.7 Å². The van der Waals surface area contributed by atoms with Gasteiger partial charge in [0.2, 0.25) is 10.0 Å². The first-order valence-electron chi connectivity index (χ1n) is 7.17. The van der Waals surface area contributed by atoms with Gasteiger partial charge in [-0.25, -0.2) is 8.42 Å². The molecule has 6 nitrogen and oxygen atoms in total. The summed E-state index contributed by atoms with van der Waals surface area (Å²) in [7, 11) is -3.79. The molecule has 3 rings (SSSR count). The molecule has 25 heavy (non-hydrogen) atoms. The smallest absolute Gasteiger partial charge is 0.486 e. The second kappa shape index (κ2) is 6.52. The van der Waals surface area contributed by atoms with Crippen molar-refractivity contribution in [3.8, 4) is 11.5 Å². The number of pyridine rings is 1. The third-order valence-corrected chi connectivity index (χ3v) is 5.29. The van der Waals surface area contributed by atoms with Gasteiger partial charge < -0.3 is 9.47 Å². The van der Waals surface area contributed by atoms with Crippen LogP contribution in [-0.2, 0) is 10.0 Å². The Kier molecular flexibility index (Phi) is 4.56. The van der Waals surface area contributed by atoms with E-state index in [0.29, 0.717) is 5.75 Å². The maximum absolute atomic E-state index is 12.4. The Hall–Kier alpha value is -2.33. The molecule has 0 radical (unpaired) electrons. The number of hydrogen-bond acceptors (Lipinski definition) is 5. The SMILES string of the molecule is O=S(=O)(c1ccc(OC(F)(F)F)cc1)N1CC(Oc2cccnc2)C1. The number of alkyl halides is 3. The molecule has 2 aromatic rings. The van der Waals surface area contributed by atoms with E-state index in [9.17, 15) is 21.6 Å². The van der Waals surface area contributed by atoms with Gasteiger partial charge in [-0.3, -0.25) is 4.98 Å². The van der Waals surface area contributed by atoms with Crippen molar-refractivity contribution in [3.63, 3.8) is 0 Å². The van der Waals surface area contributed by atoms with Crippen LogP contribution in [0.15, 0.2) is 53.7 Å². The van der Waals surface area contributed by atoms with E-state index in [0.717, 1.165) is 24.3 Å². The molecule has 0 saturated carbocycles. The summed E-state index contributed by atoms with van der Waals surface area (Å²) >= 11 is 0. The lowest BCUT2D eigenvalue weighted by Crippen LogP contribution is -2.55. The predicted molar refractivity (Wildman–Crippen MR) is 80.5 cm³/mol. The molecule has 0 spiro atoms. The molecule has 0 unspecified atom stereocenters. The van der Waals surface area contributed by atoms with E-state index in [-0.39, 0.29) is 24.1 Å². The van der Waals surface area contributed by atoms with Gasteiger partial charge in [-0.1, -0.05) is 0 Å². The van der Waals surface area contributed by atoms with E-state index < -0.39 is 22.1 Å². The van der Waals surface area contributed by atoms with Crippen molar-refractivity contribution in [2.24, 2.45) is 0 Å². The van der Waals surface area contributed by atoms with Crippen molar-refractivity contribution < 1.29 is 31.1 Å². The first-order chi connectivity index (χ1) is 11.7. The number of sulfonamides is 1. The Morgan fingerprint density at radius 3 is 2.32 bits per heavy atom. The molecule has 1 aliphatic rings. The van der Waals surface area contributed by atoms with Gasteiger partial charge >= 0.3 is 6.36 Å². The zero-order valence-electron chi connectivity index (χ0n) is 12.7. The fourth-order valence-corrected chi connectivity index (χ4v) is 3.75. The highest BCUT2D eigenvalue weighted by Crippen LogP contribution is 2.27. The third kappa shape index (κ3) is 4.20. The Labute approximate surface area is 141 Å². The molecule has 1 aliphatic heterocycles. The standard InChI is InChI=1S/C15H13F3N2O4S/c16-15(17,18)24-11-3-5-14(6-4-11)25(21,22)20-9-13(10-20)23-12-2-1-7-19-8-12/h1-8,13H,9-10H2. The van der Waals surface area contributed by atoms with Crippen LogP contribution < -0.4 is 9.47 Å². The van der Waals surface area contributed by atoms with E-state index in [1.54, 1.807) is 18.3 Å². The second-order valence-electron chi connectivity index (χ2n) is 5.27. The molecule has 1 saturated heterocycles. The van der Waals surface area contributed by atoms with Gasteiger partial charge in [0.15, 0.2) is 0 Å². The summed E-state index contributed by atoms with van der Waals surface area (Å²) in [5.41, 5.74) is 0. The maximum atomic E-state index is 12.4. The molecule has 1 aromatic heterocycles. The number of ether oxygens (including phenoxy) is 2. The first kappa shape index (κ1) is 17.5. The highest BCUT2D eigenvalue weighted by atomic mass is 32.2. The molecule has 0 aliphatic carbocycles. The average Bonchev–Trinajstić information content (AvgIpc) is 2.50. The largest absolute Gasteiger partial charge is 0.573 e. The van der Waals surface area contributed by atoms with Crippen LogP contribution >= 0.6 is 0 Å². The van der Waals surface area contributed by atoms with Crippen LogP contribution in [0, 0.1) is 0 Å². The summed E-state index contributed by atoms with van der Waals surface area (Å²) in [4.78, 5) is 3.79. The fourth-order valence-electron chi connectivity index (χ4n) is 2.24. The Balaban J connectivity index is 1.61. The molecule has 1 aromatic carbocycles. The van der Waals surface area contributed by atoms with Gasteiger partial charge in [0.05, 0.1) is 24.2 Å². The van der Waals surface area contributed by atoms with Gasteiger partial charge in [-0.2, -0.15) is 4.31 Å². The minimum Gasteiger partial charge on any atom is -0.486 e. The van der Waals surface area contributed by atoms with E-state index in [4.69, 9.17) is 4.74 Å². The Morgan fingerprint density at radius 2 is 1.76 bits per heavy atom. The fraction of sp³-hybridized carbons (Fsp3) is 0.267. The van der Waals surface area contributed by atoms with Crippen LogP contribution in [0.25, 0.3) is 0 Å². The van der Waals surface area contributed by atoms with Gasteiger partial charge in [0.25, 0.3) is 0 Å². The summed E-state index contributed by atoms with van der Waals surface area (Å²) in [6.45, 7) is 0.302. The number of hydrogen-bond donors (Lipinski definition) is 0. The van der Waals surface area contributed by atoms with Crippen LogP contribution in [0.3, 0.4) is 0 Å². The molecule has 0 amide bonds. The first-order valence-corrected chi connectivity index (χ1v) is 8.61. The van der Waals surface area contributed by atoms with Crippen LogP contribution in [-0.4, -0.2) is 43.3 Å². The van der Waals surface area contributed by atoms with E-state index in [2.05, 4.69) is 9.72 Å². The quantitative estimate of drug-likeness (QED) is 0.804. The van der Waals surface area contributed by atoms with Crippen LogP contribution in [0.4, 0.5) is 13.2 Å². The Bertz CT molecular complexity index is 820. The zero-order chi connectivity index (χ0) is 18.1. The number of nitrogens with zero attached hydrogens (tertiary/aromatic N) is 2. The van der Waals surface area contributed by atoms with E-state index >= 15 is 0 Å². The van der Waals surface area contributed by atoms with Crippen molar-refractivity contribution >= 4 is 10.0 Å². The molecule has 2 heterocycles. The van der Waals surface area contributed by atoms with Crippen molar-refractivity contribution in [1.82, 2.24) is 9.29 Å². The van der Waals surface area contributed by atoms with Gasteiger partial charge in [-0.05, 0) is 36.4 Å². The summed E-state index contributed by atoms with van der Waals surface area (Å²) in [5, 5.41) is 0. The number of rotatable bonds is 5. The molecule has 10 heteroatoms. The van der Waals surface area contributed by atoms with Gasteiger partial charge in [0.1, 0.15) is 17.6 Å². The molecule has 1 fully saturated rings. The summed E-state index contributed by atoms with van der Waals surface area (Å²) < 4.78 is 71.7. The number of benzene rings is 1. The summed E-state index contributed by atoms with van der Waals surface area (Å²) in [6.07, 6.45) is -2.01. The highest BCUT2D eigenvalue weighted by molar-refractivity contribution is 7.89. The molecular weight excluding hydrogens is 361 g/mol. The maximum Gasteiger partial charge on any atom is 0.573 e. The van der Waals surface area contributed by atoms with Crippen molar-refractivity contribution in [2.45, 2.75) is 17.4 Å². The van der Waals surface area contributed by atoms with Crippen LogP contribution in [0.5, 0.6) is 11.5 Å². The number of halogens is 3. The van der Waals surface area contributed by atoms with E-state index in [1.807, 2.05) is 0 Å². The van der Waals surface area contributed by atoms with Gasteiger partial charge in [0, 0.05) is 6.20 Å². The average molecular weight is 374 g/mol. The molecule has 134 valence electrons. The normalized spacial score (nSPS) is 16.3. The molecule has 0 atom stereocenters. The van der Waals surface area contributed by atoms with Crippen molar-refractivity contribution in [3.05, 3.63) is 48.8 Å². The van der Waals surface area contributed by atoms with Crippen LogP contribution in [0.1, 0.15) is 0 Å². The summed E-state index contributed by atoms with van der Waals surface area (Å²) in [6, 6.07) is 7.49. The Morgan fingerprint density at radius 1 is 1.08 bits per heavy atom.